The fourth-order valence-electron chi connectivity index (χ4n) is 11.4. The lowest BCUT2D eigenvalue weighted by Crippen LogP contribution is -2.58. The lowest BCUT2D eigenvalue weighted by atomic mass is 9.78. The minimum atomic E-state index is -0.922. The normalized spacial score (nSPS) is 26.1. The Balaban J connectivity index is 0.935. The highest BCUT2D eigenvalue weighted by Crippen LogP contribution is 2.55. The Morgan fingerprint density at radius 3 is 1.83 bits per heavy atom. The number of fused-ring (bicyclic) bond motifs is 6. The molecule has 4 aromatic rings. The first kappa shape index (κ1) is 42.6. The summed E-state index contributed by atoms with van der Waals surface area (Å²) in [5.74, 6) is 1.72. The van der Waals surface area contributed by atoms with Gasteiger partial charge in [0.2, 0.25) is 11.8 Å². The number of nitrogens with zero attached hydrogens (tertiary/aromatic N) is 4. The van der Waals surface area contributed by atoms with Gasteiger partial charge in [0.15, 0.2) is 0 Å². The predicted octanol–water partition coefficient (Wildman–Crippen LogP) is 6.91. The number of alkyl carbamates (subject to hydrolysis) is 2. The molecule has 0 radical (unpaired) electrons. The van der Waals surface area contributed by atoms with E-state index in [1.54, 1.807) is 13.8 Å². The summed E-state index contributed by atoms with van der Waals surface area (Å²) < 4.78 is 20.8. The van der Waals surface area contributed by atoms with Gasteiger partial charge in [-0.15, -0.1) is 0 Å². The number of aromatic nitrogens is 4. The van der Waals surface area contributed by atoms with Gasteiger partial charge in [0.25, 0.3) is 0 Å². The average Bonchev–Trinajstić information content (AvgIpc) is 4.15. The van der Waals surface area contributed by atoms with E-state index in [1.807, 2.05) is 22.2 Å². The Morgan fingerprint density at radius 1 is 0.714 bits per heavy atom. The number of rotatable bonds is 12. The Labute approximate surface area is 367 Å². The van der Waals surface area contributed by atoms with Crippen molar-refractivity contribution in [3.63, 3.8) is 0 Å². The standard InChI is InChI=1S/C47H58N8O8/c1-24(60-4)39(52-45(58)62-6)43(56)54-36-12-8-10-28(36)20-37(54)41-48-22-34(50-41)26-13-15-30-32(18-26)31-16-14-27(19-33(30)31)35-23-49-42(51-35)38-21-29-11-9-17-47(29,3)55(38)44(57)40(25(2)61-5)53-46(59)63-7/h13-16,18-19,22-25,28-29,36-40H,8-12,17,20-21H2,1-7H3,(H,48,50)(H,49,51)(H,52,58)(H,53,59)/t24-,25-,28+,29+,36+,37+,38+,39+,40?,47?/m1/s1. The molecule has 4 heterocycles. The van der Waals surface area contributed by atoms with Crippen molar-refractivity contribution in [2.45, 2.75) is 120 Å². The maximum atomic E-state index is 14.4. The van der Waals surface area contributed by atoms with Crippen LogP contribution in [0.3, 0.4) is 0 Å². The van der Waals surface area contributed by atoms with Crippen LogP contribution in [0.2, 0.25) is 0 Å². The third-order valence-electron chi connectivity index (χ3n) is 15.0. The van der Waals surface area contributed by atoms with Crippen molar-refractivity contribution in [1.29, 1.82) is 0 Å². The average molecular weight is 863 g/mol. The molecule has 4 N–H and O–H groups in total. The van der Waals surface area contributed by atoms with E-state index in [1.165, 1.54) is 28.4 Å². The maximum absolute atomic E-state index is 14.4. The van der Waals surface area contributed by atoms with Crippen LogP contribution in [0.15, 0.2) is 48.8 Å². The number of likely N-dealkylation sites (tertiary alicyclic amines) is 2. The van der Waals surface area contributed by atoms with E-state index < -0.39 is 36.5 Å². The van der Waals surface area contributed by atoms with Crippen LogP contribution >= 0.6 is 0 Å². The van der Waals surface area contributed by atoms with E-state index in [0.717, 1.165) is 108 Å². The molecule has 5 aliphatic rings. The molecule has 63 heavy (non-hydrogen) atoms. The topological polar surface area (TPSA) is 193 Å². The number of hydrogen-bond donors (Lipinski definition) is 4. The van der Waals surface area contributed by atoms with Crippen LogP contribution in [0.25, 0.3) is 44.8 Å². The maximum Gasteiger partial charge on any atom is 0.407 e. The molecule has 334 valence electrons. The van der Waals surface area contributed by atoms with E-state index in [4.69, 9.17) is 28.9 Å². The second kappa shape index (κ2) is 16.8. The molecule has 0 spiro atoms. The molecule has 4 amide bonds. The van der Waals surface area contributed by atoms with E-state index >= 15 is 0 Å². The Morgan fingerprint density at radius 2 is 1.27 bits per heavy atom. The van der Waals surface area contributed by atoms with Crippen LogP contribution in [0.1, 0.15) is 95.9 Å². The summed E-state index contributed by atoms with van der Waals surface area (Å²) in [6.45, 7) is 5.70. The minimum Gasteiger partial charge on any atom is -0.453 e. The van der Waals surface area contributed by atoms with Gasteiger partial charge in [0.1, 0.15) is 23.7 Å². The second-order valence-corrected chi connectivity index (χ2v) is 18.2. The minimum absolute atomic E-state index is 0.0673. The number of methoxy groups -OCH3 is 4. The summed E-state index contributed by atoms with van der Waals surface area (Å²) in [6, 6.07) is 10.5. The van der Waals surface area contributed by atoms with Gasteiger partial charge in [-0.3, -0.25) is 9.59 Å². The van der Waals surface area contributed by atoms with Gasteiger partial charge in [0, 0.05) is 36.9 Å². The molecule has 3 aliphatic carbocycles. The van der Waals surface area contributed by atoms with Gasteiger partial charge >= 0.3 is 12.2 Å². The molecule has 10 atom stereocenters. The number of aromatic amines is 2. The zero-order valence-electron chi connectivity index (χ0n) is 37.0. The molecule has 2 saturated carbocycles. The van der Waals surface area contributed by atoms with Crippen molar-refractivity contribution in [3.05, 3.63) is 60.4 Å². The molecule has 9 rings (SSSR count). The Bertz CT molecular complexity index is 2410. The van der Waals surface area contributed by atoms with Crippen molar-refractivity contribution in [2.75, 3.05) is 28.4 Å². The third kappa shape index (κ3) is 7.24. The van der Waals surface area contributed by atoms with Gasteiger partial charge in [0.05, 0.1) is 62.3 Å². The number of ether oxygens (including phenoxy) is 4. The predicted molar refractivity (Wildman–Crippen MR) is 233 cm³/mol. The van der Waals surface area contributed by atoms with E-state index in [2.05, 4.69) is 63.9 Å². The summed E-state index contributed by atoms with van der Waals surface area (Å²) in [5, 5.41) is 5.44. The molecular formula is C47H58N8O8. The largest absolute Gasteiger partial charge is 0.453 e. The number of imidazole rings is 2. The van der Waals surface area contributed by atoms with Crippen molar-refractivity contribution in [3.8, 4) is 44.8 Å². The molecule has 2 aliphatic heterocycles. The molecule has 4 fully saturated rings. The number of carbonyl (C=O) groups excluding carboxylic acids is 4. The lowest BCUT2D eigenvalue weighted by molar-refractivity contribution is -0.143. The molecule has 2 saturated heterocycles. The van der Waals surface area contributed by atoms with Crippen molar-refractivity contribution in [2.24, 2.45) is 11.8 Å². The van der Waals surface area contributed by atoms with Gasteiger partial charge in [-0.25, -0.2) is 19.6 Å². The number of hydrogen-bond acceptors (Lipinski definition) is 10. The van der Waals surface area contributed by atoms with Gasteiger partial charge < -0.3 is 49.3 Å². The van der Waals surface area contributed by atoms with Crippen LogP contribution in [-0.2, 0) is 28.5 Å². The van der Waals surface area contributed by atoms with Gasteiger partial charge in [-0.05, 0) is 106 Å². The number of nitrogens with one attached hydrogen (secondary N) is 4. The number of H-pyrrole nitrogens is 2. The summed E-state index contributed by atoms with van der Waals surface area (Å²) in [7, 11) is 5.62. The molecule has 2 aromatic carbocycles. The first-order valence-corrected chi connectivity index (χ1v) is 22.2. The number of amides is 4. The monoisotopic (exact) mass is 862 g/mol. The Hall–Kier alpha value is -5.74. The fraction of sp³-hybridized carbons (Fsp3) is 0.532. The van der Waals surface area contributed by atoms with E-state index in [-0.39, 0.29) is 35.5 Å². The third-order valence-corrected chi connectivity index (χ3v) is 15.0. The summed E-state index contributed by atoms with van der Waals surface area (Å²) >= 11 is 0. The zero-order valence-corrected chi connectivity index (χ0v) is 37.0. The van der Waals surface area contributed by atoms with Crippen molar-refractivity contribution >= 4 is 24.0 Å². The molecule has 16 nitrogen and oxygen atoms in total. The molecule has 2 aromatic heterocycles. The first-order chi connectivity index (χ1) is 30.4. The zero-order chi connectivity index (χ0) is 44.3. The summed E-state index contributed by atoms with van der Waals surface area (Å²) in [6.07, 6.45) is 8.72. The molecule has 0 bridgehead atoms. The quantitative estimate of drug-likeness (QED) is 0.103. The molecule has 16 heteroatoms. The van der Waals surface area contributed by atoms with Crippen LogP contribution in [0.4, 0.5) is 9.59 Å². The van der Waals surface area contributed by atoms with Crippen molar-refractivity contribution < 1.29 is 38.1 Å². The number of carbonyl (C=O) groups is 4. The summed E-state index contributed by atoms with van der Waals surface area (Å²) in [4.78, 5) is 74.1. The fourth-order valence-corrected chi connectivity index (χ4v) is 11.4. The second-order valence-electron chi connectivity index (χ2n) is 18.2. The van der Waals surface area contributed by atoms with Gasteiger partial charge in [-0.2, -0.15) is 0 Å². The van der Waals surface area contributed by atoms with Crippen LogP contribution in [0.5, 0.6) is 0 Å². The van der Waals surface area contributed by atoms with Crippen LogP contribution in [0, 0.1) is 11.8 Å². The van der Waals surface area contributed by atoms with Gasteiger partial charge in [-0.1, -0.05) is 37.1 Å². The Kier molecular flexibility index (Phi) is 11.3. The van der Waals surface area contributed by atoms with Crippen LogP contribution < -0.4 is 10.6 Å². The van der Waals surface area contributed by atoms with Crippen molar-refractivity contribution in [1.82, 2.24) is 40.4 Å². The highest BCUT2D eigenvalue weighted by molar-refractivity contribution is 6.04. The van der Waals surface area contributed by atoms with E-state index in [0.29, 0.717) is 11.8 Å². The molecule has 2 unspecified atom stereocenters. The summed E-state index contributed by atoms with van der Waals surface area (Å²) in [5.41, 5.74) is 7.93. The highest BCUT2D eigenvalue weighted by Gasteiger charge is 2.57. The smallest absolute Gasteiger partial charge is 0.407 e. The SMILES string of the molecule is COC(=O)NC(C(=O)N1[C@H](c2ncc(-c3ccc4c(c3)-c3ccc(-c5cnc([C@@H]6C[C@@H]7CCC[C@@H]7N6C(=O)[C@@H](NC(=O)OC)[C@@H](C)OC)[nH]5)cc3-4)[nH]2)C[C@@H]2CCCC21C)[C@@H](C)OC. The first-order valence-electron chi connectivity index (χ1n) is 22.2. The lowest BCUT2D eigenvalue weighted by Gasteiger charge is -2.40. The number of benzene rings is 2. The van der Waals surface area contributed by atoms with E-state index in [9.17, 15) is 19.2 Å². The molecular weight excluding hydrogens is 805 g/mol. The highest BCUT2D eigenvalue weighted by atomic mass is 16.5. The van der Waals surface area contributed by atoms with Crippen LogP contribution in [-0.4, -0.2) is 118 Å².